The second kappa shape index (κ2) is 7.21. The number of anilines is 2. The summed E-state index contributed by atoms with van der Waals surface area (Å²) in [5, 5.41) is 3.36. The summed E-state index contributed by atoms with van der Waals surface area (Å²) in [6.45, 7) is 5.81. The number of para-hydroxylation sites is 1. The van der Waals surface area contributed by atoms with Gasteiger partial charge in [0.1, 0.15) is 5.75 Å². The van der Waals surface area contributed by atoms with E-state index >= 15 is 0 Å². The third kappa shape index (κ3) is 4.01. The summed E-state index contributed by atoms with van der Waals surface area (Å²) in [6.07, 6.45) is 1.09. The third-order valence-electron chi connectivity index (χ3n) is 3.36. The predicted molar refractivity (Wildman–Crippen MR) is 77.8 cm³/mol. The highest BCUT2D eigenvalue weighted by Crippen LogP contribution is 2.28. The molecule has 0 atom stereocenters. The number of nitrogen functional groups attached to an aromatic ring is 1. The number of nitrogens with zero attached hydrogens (tertiary/aromatic N) is 1. The van der Waals surface area contributed by atoms with E-state index < -0.39 is 0 Å². The molecule has 1 saturated heterocycles. The van der Waals surface area contributed by atoms with E-state index in [0.717, 1.165) is 57.3 Å². The topological polar surface area (TPSA) is 59.8 Å². The molecule has 0 amide bonds. The van der Waals surface area contributed by atoms with E-state index in [1.54, 1.807) is 7.11 Å². The second-order valence-electron chi connectivity index (χ2n) is 4.66. The molecule has 0 radical (unpaired) electrons. The highest BCUT2D eigenvalue weighted by atomic mass is 16.5. The van der Waals surface area contributed by atoms with Crippen LogP contribution >= 0.6 is 0 Å². The summed E-state index contributed by atoms with van der Waals surface area (Å²) < 4.78 is 10.5. The Labute approximate surface area is 114 Å². The van der Waals surface area contributed by atoms with Gasteiger partial charge in [-0.1, -0.05) is 6.07 Å². The molecule has 1 fully saturated rings. The number of benzene rings is 1. The van der Waals surface area contributed by atoms with Crippen LogP contribution in [0, 0.1) is 0 Å². The van der Waals surface area contributed by atoms with Gasteiger partial charge >= 0.3 is 0 Å². The summed E-state index contributed by atoms with van der Waals surface area (Å²) >= 11 is 0. The second-order valence-corrected chi connectivity index (χ2v) is 4.66. The Kier molecular flexibility index (Phi) is 5.30. The molecule has 0 unspecified atom stereocenters. The minimum absolute atomic E-state index is 0.677. The van der Waals surface area contributed by atoms with Crippen LogP contribution in [0.4, 0.5) is 11.4 Å². The molecule has 2 rings (SSSR count). The van der Waals surface area contributed by atoms with E-state index in [9.17, 15) is 0 Å². The minimum Gasteiger partial charge on any atom is -0.495 e. The Hall–Kier alpha value is -1.46. The molecule has 0 aromatic heterocycles. The van der Waals surface area contributed by atoms with E-state index in [1.165, 1.54) is 0 Å². The van der Waals surface area contributed by atoms with Crippen LogP contribution in [0.5, 0.6) is 5.75 Å². The Morgan fingerprint density at radius 3 is 2.89 bits per heavy atom. The van der Waals surface area contributed by atoms with Gasteiger partial charge in [0, 0.05) is 19.6 Å². The van der Waals surface area contributed by atoms with Crippen LogP contribution in [0.1, 0.15) is 6.42 Å². The molecule has 0 saturated carbocycles. The van der Waals surface area contributed by atoms with Crippen molar-refractivity contribution in [3.8, 4) is 5.75 Å². The normalized spacial score (nSPS) is 16.3. The highest BCUT2D eigenvalue weighted by Gasteiger charge is 2.09. The molecule has 0 bridgehead atoms. The molecule has 1 heterocycles. The van der Waals surface area contributed by atoms with E-state index in [-0.39, 0.29) is 0 Å². The monoisotopic (exact) mass is 265 g/mol. The van der Waals surface area contributed by atoms with Gasteiger partial charge in [-0.05, 0) is 25.1 Å². The molecule has 5 nitrogen and oxygen atoms in total. The fraction of sp³-hybridized carbons (Fsp3) is 0.571. The maximum absolute atomic E-state index is 6.00. The van der Waals surface area contributed by atoms with Crippen LogP contribution in [0.3, 0.4) is 0 Å². The fourth-order valence-corrected chi connectivity index (χ4v) is 2.23. The molecule has 1 aliphatic heterocycles. The first-order chi connectivity index (χ1) is 9.31. The first-order valence-corrected chi connectivity index (χ1v) is 6.77. The van der Waals surface area contributed by atoms with E-state index in [0.29, 0.717) is 5.69 Å². The molecule has 0 spiro atoms. The molecule has 5 heteroatoms. The van der Waals surface area contributed by atoms with Crippen LogP contribution in [-0.4, -0.2) is 51.4 Å². The maximum Gasteiger partial charge on any atom is 0.143 e. The van der Waals surface area contributed by atoms with Crippen molar-refractivity contribution < 1.29 is 9.47 Å². The number of methoxy groups -OCH3 is 1. The molecule has 1 aromatic rings. The smallest absolute Gasteiger partial charge is 0.143 e. The summed E-state index contributed by atoms with van der Waals surface area (Å²) in [6, 6.07) is 5.79. The molecule has 1 aromatic carbocycles. The fourth-order valence-electron chi connectivity index (χ4n) is 2.23. The molecule has 106 valence electrons. The highest BCUT2D eigenvalue weighted by molar-refractivity contribution is 5.72. The number of hydrogen-bond donors (Lipinski definition) is 2. The summed E-state index contributed by atoms with van der Waals surface area (Å²) in [4.78, 5) is 2.43. The predicted octanol–water partition coefficient (Wildman–Crippen LogP) is 1.41. The average molecular weight is 265 g/mol. The Morgan fingerprint density at radius 2 is 2.16 bits per heavy atom. The number of ether oxygens (including phenoxy) is 2. The molecule has 0 aliphatic carbocycles. The largest absolute Gasteiger partial charge is 0.495 e. The maximum atomic E-state index is 6.00. The molecular formula is C14H23N3O2. The molecule has 3 N–H and O–H groups in total. The van der Waals surface area contributed by atoms with E-state index in [2.05, 4.69) is 10.2 Å². The van der Waals surface area contributed by atoms with E-state index in [1.807, 2.05) is 18.2 Å². The Morgan fingerprint density at radius 1 is 1.37 bits per heavy atom. The number of hydrogen-bond acceptors (Lipinski definition) is 5. The van der Waals surface area contributed by atoms with Crippen molar-refractivity contribution >= 4 is 11.4 Å². The summed E-state index contributed by atoms with van der Waals surface area (Å²) in [7, 11) is 1.63. The van der Waals surface area contributed by atoms with Crippen molar-refractivity contribution in [2.45, 2.75) is 6.42 Å². The van der Waals surface area contributed by atoms with Crippen molar-refractivity contribution in [1.29, 1.82) is 0 Å². The van der Waals surface area contributed by atoms with Gasteiger partial charge < -0.3 is 20.5 Å². The Balaban J connectivity index is 1.73. The van der Waals surface area contributed by atoms with Crippen molar-refractivity contribution in [1.82, 2.24) is 4.90 Å². The lowest BCUT2D eigenvalue weighted by atomic mass is 10.2. The quantitative estimate of drug-likeness (QED) is 0.601. The Bertz CT molecular complexity index is 392. The van der Waals surface area contributed by atoms with Crippen LogP contribution in [0.2, 0.25) is 0 Å². The van der Waals surface area contributed by atoms with Gasteiger partial charge in [-0.2, -0.15) is 0 Å². The number of nitrogens with one attached hydrogen (secondary N) is 1. The number of rotatable bonds is 6. The van der Waals surface area contributed by atoms with Gasteiger partial charge in [-0.15, -0.1) is 0 Å². The van der Waals surface area contributed by atoms with Crippen molar-refractivity contribution in [2.75, 3.05) is 57.6 Å². The average Bonchev–Trinajstić information content (AvgIpc) is 2.46. The zero-order valence-electron chi connectivity index (χ0n) is 11.5. The molecular weight excluding hydrogens is 242 g/mol. The lowest BCUT2D eigenvalue weighted by Crippen LogP contribution is -2.37. The van der Waals surface area contributed by atoms with Crippen molar-refractivity contribution in [2.24, 2.45) is 0 Å². The summed E-state index contributed by atoms with van der Waals surface area (Å²) in [5.41, 5.74) is 7.63. The zero-order valence-corrected chi connectivity index (χ0v) is 11.5. The standard InChI is InChI=1S/C14H23N3O2/c1-18-13-5-2-4-12(14(13)15)16-6-3-7-17-8-10-19-11-9-17/h2,4-5,16H,3,6-11,15H2,1H3. The van der Waals surface area contributed by atoms with Crippen LogP contribution in [0.15, 0.2) is 18.2 Å². The van der Waals surface area contributed by atoms with Gasteiger partial charge in [0.2, 0.25) is 0 Å². The first kappa shape index (κ1) is 14.0. The van der Waals surface area contributed by atoms with Crippen LogP contribution < -0.4 is 15.8 Å². The van der Waals surface area contributed by atoms with Gasteiger partial charge in [0.05, 0.1) is 31.7 Å². The summed E-state index contributed by atoms with van der Waals surface area (Å²) in [5.74, 6) is 0.721. The first-order valence-electron chi connectivity index (χ1n) is 6.77. The molecule has 19 heavy (non-hydrogen) atoms. The van der Waals surface area contributed by atoms with Gasteiger partial charge in [-0.3, -0.25) is 4.90 Å². The SMILES string of the molecule is COc1cccc(NCCCN2CCOCC2)c1N. The molecule has 1 aliphatic rings. The zero-order chi connectivity index (χ0) is 13.5. The number of nitrogens with two attached hydrogens (primary N) is 1. The van der Waals surface area contributed by atoms with Gasteiger partial charge in [-0.25, -0.2) is 0 Å². The van der Waals surface area contributed by atoms with Crippen LogP contribution in [0.25, 0.3) is 0 Å². The van der Waals surface area contributed by atoms with Gasteiger partial charge in [0.25, 0.3) is 0 Å². The lowest BCUT2D eigenvalue weighted by Gasteiger charge is -2.26. The van der Waals surface area contributed by atoms with Crippen molar-refractivity contribution in [3.63, 3.8) is 0 Å². The third-order valence-corrected chi connectivity index (χ3v) is 3.36. The van der Waals surface area contributed by atoms with E-state index in [4.69, 9.17) is 15.2 Å². The van der Waals surface area contributed by atoms with Gasteiger partial charge in [0.15, 0.2) is 0 Å². The van der Waals surface area contributed by atoms with Crippen LogP contribution in [-0.2, 0) is 4.74 Å². The number of morpholine rings is 1. The minimum atomic E-state index is 0.677. The lowest BCUT2D eigenvalue weighted by molar-refractivity contribution is 0.0378. The van der Waals surface area contributed by atoms with Crippen molar-refractivity contribution in [3.05, 3.63) is 18.2 Å².